The Labute approximate surface area is 146 Å². The Morgan fingerprint density at radius 1 is 1.16 bits per heavy atom. The van der Waals surface area contributed by atoms with E-state index in [2.05, 4.69) is 5.32 Å². The summed E-state index contributed by atoms with van der Waals surface area (Å²) in [5, 5.41) is 2.61. The zero-order valence-electron chi connectivity index (χ0n) is 14.6. The van der Waals surface area contributed by atoms with Gasteiger partial charge in [0.25, 0.3) is 17.7 Å². The normalized spacial score (nSPS) is 13.2. The number of fused-ring (bicyclic) bond motifs is 1. The van der Waals surface area contributed by atoms with E-state index in [1.807, 2.05) is 6.92 Å². The zero-order valence-corrected chi connectivity index (χ0v) is 14.6. The molecule has 0 saturated carbocycles. The first kappa shape index (κ1) is 18.6. The van der Waals surface area contributed by atoms with Crippen LogP contribution in [0, 0.1) is 0 Å². The van der Waals surface area contributed by atoms with Gasteiger partial charge in [0.05, 0.1) is 16.7 Å². The standard InChI is InChI=1S/C18H22N2O5/c1-4-5-8-20-16(22)13-7-6-12(9-14(13)17(20)23)18(24)25-10-15(21)19-11(2)3/h6-7,9,11H,4-5,8,10H2,1-3H3,(H,19,21). The summed E-state index contributed by atoms with van der Waals surface area (Å²) in [6, 6.07) is 4.18. The van der Waals surface area contributed by atoms with E-state index in [0.717, 1.165) is 12.8 Å². The third kappa shape index (κ3) is 4.23. The van der Waals surface area contributed by atoms with Crippen molar-refractivity contribution in [2.45, 2.75) is 39.7 Å². The summed E-state index contributed by atoms with van der Waals surface area (Å²) in [6.45, 7) is 5.53. The van der Waals surface area contributed by atoms with Crippen LogP contribution in [0.3, 0.4) is 0 Å². The van der Waals surface area contributed by atoms with Crippen LogP contribution in [-0.4, -0.2) is 47.8 Å². The van der Waals surface area contributed by atoms with E-state index in [1.54, 1.807) is 13.8 Å². The highest BCUT2D eigenvalue weighted by molar-refractivity contribution is 6.21. The fourth-order valence-electron chi connectivity index (χ4n) is 2.52. The van der Waals surface area contributed by atoms with E-state index in [4.69, 9.17) is 4.74 Å². The number of benzene rings is 1. The molecule has 1 aliphatic rings. The fraction of sp³-hybridized carbons (Fsp3) is 0.444. The summed E-state index contributed by atoms with van der Waals surface area (Å²) in [7, 11) is 0. The Balaban J connectivity index is 2.08. The Hall–Kier alpha value is -2.70. The Morgan fingerprint density at radius 2 is 1.84 bits per heavy atom. The number of esters is 1. The van der Waals surface area contributed by atoms with Gasteiger partial charge in [-0.25, -0.2) is 4.79 Å². The number of ether oxygens (including phenoxy) is 1. The predicted octanol–water partition coefficient (Wildman–Crippen LogP) is 1.76. The van der Waals surface area contributed by atoms with Crippen LogP contribution in [0.5, 0.6) is 0 Å². The summed E-state index contributed by atoms with van der Waals surface area (Å²) < 4.78 is 4.94. The Bertz CT molecular complexity index is 711. The van der Waals surface area contributed by atoms with Crippen molar-refractivity contribution in [1.29, 1.82) is 0 Å². The van der Waals surface area contributed by atoms with Crippen LogP contribution in [0.4, 0.5) is 0 Å². The van der Waals surface area contributed by atoms with Crippen molar-refractivity contribution in [3.63, 3.8) is 0 Å². The van der Waals surface area contributed by atoms with Crippen LogP contribution in [0.2, 0.25) is 0 Å². The number of rotatable bonds is 7. The highest BCUT2D eigenvalue weighted by Crippen LogP contribution is 2.24. The quantitative estimate of drug-likeness (QED) is 0.600. The van der Waals surface area contributed by atoms with Crippen molar-refractivity contribution < 1.29 is 23.9 Å². The van der Waals surface area contributed by atoms with Gasteiger partial charge in [-0.05, 0) is 38.5 Å². The van der Waals surface area contributed by atoms with Crippen LogP contribution in [0.15, 0.2) is 18.2 Å². The molecule has 0 fully saturated rings. The fourth-order valence-corrected chi connectivity index (χ4v) is 2.52. The second-order valence-electron chi connectivity index (χ2n) is 6.17. The maximum absolute atomic E-state index is 12.4. The molecule has 0 aliphatic carbocycles. The lowest BCUT2D eigenvalue weighted by Crippen LogP contribution is -2.34. The van der Waals surface area contributed by atoms with E-state index < -0.39 is 24.4 Å². The molecular weight excluding hydrogens is 324 g/mol. The van der Waals surface area contributed by atoms with E-state index in [0.29, 0.717) is 6.54 Å². The minimum Gasteiger partial charge on any atom is -0.452 e. The molecule has 0 aromatic heterocycles. The predicted molar refractivity (Wildman–Crippen MR) is 90.3 cm³/mol. The lowest BCUT2D eigenvalue weighted by molar-refractivity contribution is -0.124. The molecular formula is C18H22N2O5. The highest BCUT2D eigenvalue weighted by atomic mass is 16.5. The summed E-state index contributed by atoms with van der Waals surface area (Å²) in [5.41, 5.74) is 0.618. The molecule has 7 heteroatoms. The molecule has 7 nitrogen and oxygen atoms in total. The van der Waals surface area contributed by atoms with Gasteiger partial charge in [-0.3, -0.25) is 19.3 Å². The minimum absolute atomic E-state index is 0.0519. The molecule has 25 heavy (non-hydrogen) atoms. The molecule has 1 aliphatic heterocycles. The van der Waals surface area contributed by atoms with Crippen LogP contribution >= 0.6 is 0 Å². The molecule has 3 amide bonds. The molecule has 134 valence electrons. The topological polar surface area (TPSA) is 92.8 Å². The average molecular weight is 346 g/mol. The van der Waals surface area contributed by atoms with Gasteiger partial charge in [0.2, 0.25) is 0 Å². The molecule has 0 radical (unpaired) electrons. The lowest BCUT2D eigenvalue weighted by Gasteiger charge is -2.12. The second-order valence-corrected chi connectivity index (χ2v) is 6.17. The highest BCUT2D eigenvalue weighted by Gasteiger charge is 2.35. The maximum atomic E-state index is 12.4. The van der Waals surface area contributed by atoms with Crippen molar-refractivity contribution in [2.75, 3.05) is 13.2 Å². The van der Waals surface area contributed by atoms with Crippen molar-refractivity contribution >= 4 is 23.7 Å². The van der Waals surface area contributed by atoms with Crippen molar-refractivity contribution in [2.24, 2.45) is 0 Å². The van der Waals surface area contributed by atoms with Crippen molar-refractivity contribution in [1.82, 2.24) is 10.2 Å². The van der Waals surface area contributed by atoms with Gasteiger partial charge in [-0.15, -0.1) is 0 Å². The Kier molecular flexibility index (Phi) is 5.90. The minimum atomic E-state index is -0.714. The number of amides is 3. The van der Waals surface area contributed by atoms with Crippen molar-refractivity contribution in [3.8, 4) is 0 Å². The number of hydrogen-bond donors (Lipinski definition) is 1. The van der Waals surface area contributed by atoms with Gasteiger partial charge in [0, 0.05) is 12.6 Å². The summed E-state index contributed by atoms with van der Waals surface area (Å²) in [6.07, 6.45) is 1.59. The average Bonchev–Trinajstić information content (AvgIpc) is 2.81. The first-order valence-electron chi connectivity index (χ1n) is 8.31. The summed E-state index contributed by atoms with van der Waals surface area (Å²) >= 11 is 0. The monoisotopic (exact) mass is 346 g/mol. The molecule has 0 unspecified atom stereocenters. The lowest BCUT2D eigenvalue weighted by atomic mass is 10.1. The molecule has 1 aromatic carbocycles. The van der Waals surface area contributed by atoms with E-state index in [1.165, 1.54) is 23.1 Å². The molecule has 1 heterocycles. The molecule has 0 atom stereocenters. The van der Waals surface area contributed by atoms with Crippen LogP contribution in [0.25, 0.3) is 0 Å². The SMILES string of the molecule is CCCCN1C(=O)c2ccc(C(=O)OCC(=O)NC(C)C)cc2C1=O. The van der Waals surface area contributed by atoms with Crippen LogP contribution < -0.4 is 5.32 Å². The summed E-state index contributed by atoms with van der Waals surface area (Å²) in [5.74, 6) is -1.86. The number of hydrogen-bond acceptors (Lipinski definition) is 5. The van der Waals surface area contributed by atoms with Gasteiger partial charge in [0.15, 0.2) is 6.61 Å². The van der Waals surface area contributed by atoms with E-state index in [9.17, 15) is 19.2 Å². The van der Waals surface area contributed by atoms with E-state index in [-0.39, 0.29) is 28.6 Å². The number of carbonyl (C=O) groups is 4. The smallest absolute Gasteiger partial charge is 0.338 e. The van der Waals surface area contributed by atoms with Gasteiger partial charge in [0.1, 0.15) is 0 Å². The van der Waals surface area contributed by atoms with Crippen LogP contribution in [0.1, 0.15) is 64.7 Å². The maximum Gasteiger partial charge on any atom is 0.338 e. The second kappa shape index (κ2) is 7.92. The molecule has 0 saturated heterocycles. The van der Waals surface area contributed by atoms with Gasteiger partial charge < -0.3 is 10.1 Å². The van der Waals surface area contributed by atoms with Gasteiger partial charge in [-0.2, -0.15) is 0 Å². The molecule has 0 spiro atoms. The third-order valence-corrected chi connectivity index (χ3v) is 3.73. The largest absolute Gasteiger partial charge is 0.452 e. The number of nitrogens with one attached hydrogen (secondary N) is 1. The molecule has 2 rings (SSSR count). The Morgan fingerprint density at radius 3 is 2.48 bits per heavy atom. The number of unbranched alkanes of at least 4 members (excludes halogenated alkanes) is 1. The number of imide groups is 1. The zero-order chi connectivity index (χ0) is 18.6. The number of nitrogens with zero attached hydrogens (tertiary/aromatic N) is 1. The molecule has 1 aromatic rings. The molecule has 1 N–H and O–H groups in total. The van der Waals surface area contributed by atoms with Gasteiger partial charge >= 0.3 is 5.97 Å². The van der Waals surface area contributed by atoms with E-state index >= 15 is 0 Å². The van der Waals surface area contributed by atoms with Gasteiger partial charge in [-0.1, -0.05) is 13.3 Å². The molecule has 0 bridgehead atoms. The van der Waals surface area contributed by atoms with Crippen molar-refractivity contribution in [3.05, 3.63) is 34.9 Å². The third-order valence-electron chi connectivity index (χ3n) is 3.73. The first-order valence-corrected chi connectivity index (χ1v) is 8.31. The van der Waals surface area contributed by atoms with Crippen LogP contribution in [-0.2, 0) is 9.53 Å². The number of carbonyl (C=O) groups excluding carboxylic acids is 4. The first-order chi connectivity index (χ1) is 11.8. The summed E-state index contributed by atoms with van der Waals surface area (Å²) in [4.78, 5) is 49.4.